The van der Waals surface area contributed by atoms with Crippen LogP contribution < -0.4 is 0 Å². The average molecular weight is 357 g/mol. The van der Waals surface area contributed by atoms with Gasteiger partial charge in [-0.1, -0.05) is 109 Å². The van der Waals surface area contributed by atoms with Gasteiger partial charge in [-0.05, 0) is 46.9 Å². The Morgan fingerprint density at radius 1 is 0.692 bits per heavy atom. The molecule has 0 aromatic heterocycles. The molecule has 0 aliphatic heterocycles. The molecule has 0 radical (unpaired) electrons. The molecule has 3 aromatic carbocycles. The highest BCUT2D eigenvalue weighted by molar-refractivity contribution is 6.32. The van der Waals surface area contributed by atoms with Gasteiger partial charge in [-0.15, -0.1) is 0 Å². The zero-order valence-electron chi connectivity index (χ0n) is 14.8. The number of hydrogen-bond donors (Lipinski definition) is 0. The summed E-state index contributed by atoms with van der Waals surface area (Å²) < 4.78 is 0. The number of rotatable bonds is 5. The van der Waals surface area contributed by atoms with Gasteiger partial charge in [-0.25, -0.2) is 0 Å². The van der Waals surface area contributed by atoms with Crippen LogP contribution in [0.25, 0.3) is 18.2 Å². The lowest BCUT2D eigenvalue weighted by atomic mass is 10.00. The number of benzene rings is 3. The molecule has 0 atom stereocenters. The van der Waals surface area contributed by atoms with E-state index in [-0.39, 0.29) is 0 Å². The predicted molar refractivity (Wildman–Crippen MR) is 115 cm³/mol. The highest BCUT2D eigenvalue weighted by Crippen LogP contribution is 2.22. The van der Waals surface area contributed by atoms with Gasteiger partial charge < -0.3 is 0 Å². The molecular formula is C25H21Cl. The van der Waals surface area contributed by atoms with Crippen LogP contribution in [-0.2, 0) is 0 Å². The third kappa shape index (κ3) is 5.08. The van der Waals surface area contributed by atoms with Crippen LogP contribution in [-0.4, -0.2) is 0 Å². The van der Waals surface area contributed by atoms with E-state index in [1.807, 2.05) is 36.4 Å². The minimum atomic E-state index is 0.757. The third-order valence-corrected chi connectivity index (χ3v) is 4.45. The van der Waals surface area contributed by atoms with E-state index < -0.39 is 0 Å². The van der Waals surface area contributed by atoms with Crippen molar-refractivity contribution in [2.24, 2.45) is 0 Å². The Kier molecular flexibility index (Phi) is 6.24. The second kappa shape index (κ2) is 9.03. The van der Waals surface area contributed by atoms with E-state index in [1.54, 1.807) is 0 Å². The van der Waals surface area contributed by atoms with Crippen LogP contribution in [0, 0.1) is 0 Å². The maximum Gasteiger partial charge on any atom is 0.0478 e. The lowest BCUT2D eigenvalue weighted by Crippen LogP contribution is -1.84. The Morgan fingerprint density at radius 2 is 1.23 bits per heavy atom. The van der Waals surface area contributed by atoms with Crippen LogP contribution >= 0.6 is 11.6 Å². The summed E-state index contributed by atoms with van der Waals surface area (Å²) in [6.45, 7) is 2.14. The maximum absolute atomic E-state index is 6.29. The largest absolute Gasteiger partial charge is 0.0837 e. The standard InChI is InChI=1S/C25H21Cl/c1-20(18-21-10-4-2-5-11-21)24(19-22-12-6-3-7-13-22)17-16-23-14-8-9-15-25(23)26/h2-19H,1H3. The molecule has 0 unspecified atom stereocenters. The fourth-order valence-electron chi connectivity index (χ4n) is 2.69. The summed E-state index contributed by atoms with van der Waals surface area (Å²) in [5, 5.41) is 0.757. The summed E-state index contributed by atoms with van der Waals surface area (Å²) in [5.74, 6) is 0. The molecule has 0 amide bonds. The minimum Gasteiger partial charge on any atom is -0.0837 e. The van der Waals surface area contributed by atoms with Crippen molar-refractivity contribution in [3.8, 4) is 0 Å². The van der Waals surface area contributed by atoms with Gasteiger partial charge in [0.25, 0.3) is 0 Å². The second-order valence-corrected chi connectivity index (χ2v) is 6.51. The van der Waals surface area contributed by atoms with E-state index in [2.05, 4.69) is 79.8 Å². The maximum atomic E-state index is 6.29. The van der Waals surface area contributed by atoms with Crippen LogP contribution in [0.2, 0.25) is 5.02 Å². The quantitative estimate of drug-likeness (QED) is 0.414. The normalized spacial score (nSPS) is 12.5. The highest BCUT2D eigenvalue weighted by Gasteiger charge is 2.00. The van der Waals surface area contributed by atoms with Gasteiger partial charge in [0.2, 0.25) is 0 Å². The lowest BCUT2D eigenvalue weighted by Gasteiger charge is -2.06. The van der Waals surface area contributed by atoms with Crippen LogP contribution in [0.15, 0.2) is 102 Å². The summed E-state index contributed by atoms with van der Waals surface area (Å²) in [6.07, 6.45) is 8.59. The topological polar surface area (TPSA) is 0 Å². The minimum absolute atomic E-state index is 0.757. The first-order valence-corrected chi connectivity index (χ1v) is 9.03. The molecule has 0 aliphatic rings. The summed E-state index contributed by atoms with van der Waals surface area (Å²) in [4.78, 5) is 0. The van der Waals surface area contributed by atoms with Gasteiger partial charge in [0, 0.05) is 5.02 Å². The van der Waals surface area contributed by atoms with Crippen LogP contribution in [0.4, 0.5) is 0 Å². The lowest BCUT2D eigenvalue weighted by molar-refractivity contribution is 1.47. The Bertz CT molecular complexity index is 932. The molecule has 0 fully saturated rings. The monoisotopic (exact) mass is 356 g/mol. The fourth-order valence-corrected chi connectivity index (χ4v) is 2.89. The summed E-state index contributed by atoms with van der Waals surface area (Å²) in [6, 6.07) is 28.6. The smallest absolute Gasteiger partial charge is 0.0478 e. The Labute approximate surface area is 160 Å². The zero-order valence-corrected chi connectivity index (χ0v) is 15.5. The first kappa shape index (κ1) is 18.0. The number of hydrogen-bond acceptors (Lipinski definition) is 0. The van der Waals surface area contributed by atoms with Crippen molar-refractivity contribution < 1.29 is 0 Å². The van der Waals surface area contributed by atoms with Gasteiger partial charge in [0.1, 0.15) is 0 Å². The molecule has 1 heteroatoms. The van der Waals surface area contributed by atoms with Crippen molar-refractivity contribution in [2.45, 2.75) is 6.92 Å². The molecule has 128 valence electrons. The van der Waals surface area contributed by atoms with Crippen LogP contribution in [0.5, 0.6) is 0 Å². The van der Waals surface area contributed by atoms with Crippen molar-refractivity contribution >= 4 is 29.8 Å². The van der Waals surface area contributed by atoms with E-state index >= 15 is 0 Å². The number of allylic oxidation sites excluding steroid dienone is 3. The van der Waals surface area contributed by atoms with Gasteiger partial charge in [0.15, 0.2) is 0 Å². The van der Waals surface area contributed by atoms with E-state index in [4.69, 9.17) is 11.6 Å². The predicted octanol–water partition coefficient (Wildman–Crippen LogP) is 7.54. The molecule has 0 aliphatic carbocycles. The number of halogens is 1. The Balaban J connectivity index is 1.98. The van der Waals surface area contributed by atoms with E-state index in [9.17, 15) is 0 Å². The van der Waals surface area contributed by atoms with E-state index in [1.165, 1.54) is 16.7 Å². The highest BCUT2D eigenvalue weighted by atomic mass is 35.5. The van der Waals surface area contributed by atoms with E-state index in [0.29, 0.717) is 0 Å². The molecule has 0 heterocycles. The second-order valence-electron chi connectivity index (χ2n) is 6.10. The molecule has 0 spiro atoms. The van der Waals surface area contributed by atoms with Crippen molar-refractivity contribution in [3.63, 3.8) is 0 Å². The average Bonchev–Trinajstić information content (AvgIpc) is 2.68. The molecule has 3 rings (SSSR count). The van der Waals surface area contributed by atoms with E-state index in [0.717, 1.165) is 16.2 Å². The summed E-state index contributed by atoms with van der Waals surface area (Å²) >= 11 is 6.29. The first-order valence-electron chi connectivity index (χ1n) is 8.65. The first-order chi connectivity index (χ1) is 12.7. The van der Waals surface area contributed by atoms with Gasteiger partial charge >= 0.3 is 0 Å². The van der Waals surface area contributed by atoms with Gasteiger partial charge in [0.05, 0.1) is 0 Å². The Morgan fingerprint density at radius 3 is 1.85 bits per heavy atom. The summed E-state index contributed by atoms with van der Waals surface area (Å²) in [7, 11) is 0. The van der Waals surface area contributed by atoms with Gasteiger partial charge in [-0.2, -0.15) is 0 Å². The van der Waals surface area contributed by atoms with Crippen molar-refractivity contribution in [1.29, 1.82) is 0 Å². The van der Waals surface area contributed by atoms with Crippen molar-refractivity contribution in [1.82, 2.24) is 0 Å². The molecule has 26 heavy (non-hydrogen) atoms. The molecule has 0 saturated carbocycles. The van der Waals surface area contributed by atoms with Crippen molar-refractivity contribution in [3.05, 3.63) is 124 Å². The molecular weight excluding hydrogens is 336 g/mol. The Hall–Kier alpha value is -2.83. The SMILES string of the molecule is CC(=Cc1ccccc1)C(C=Cc1ccccc1Cl)=Cc1ccccc1. The van der Waals surface area contributed by atoms with Gasteiger partial charge in [-0.3, -0.25) is 0 Å². The summed E-state index contributed by atoms with van der Waals surface area (Å²) in [5.41, 5.74) is 5.73. The zero-order chi connectivity index (χ0) is 18.2. The van der Waals surface area contributed by atoms with Crippen molar-refractivity contribution in [2.75, 3.05) is 0 Å². The molecule has 0 bridgehead atoms. The third-order valence-electron chi connectivity index (χ3n) is 4.11. The molecule has 0 nitrogen and oxygen atoms in total. The van der Waals surface area contributed by atoms with Crippen LogP contribution in [0.1, 0.15) is 23.6 Å². The molecule has 0 saturated heterocycles. The molecule has 0 N–H and O–H groups in total. The fraction of sp³-hybridized carbons (Fsp3) is 0.0400. The molecule has 3 aromatic rings. The van der Waals surface area contributed by atoms with Crippen LogP contribution in [0.3, 0.4) is 0 Å².